The Morgan fingerprint density at radius 3 is 2.41 bits per heavy atom. The number of sulfonamides is 1. The maximum Gasteiger partial charge on any atom is 0.293 e. The highest BCUT2D eigenvalue weighted by atomic mass is 32.2. The molecule has 1 fully saturated rings. The van der Waals surface area contributed by atoms with Crippen molar-refractivity contribution in [3.05, 3.63) is 52.1 Å². The molecule has 1 heterocycles. The molecular weight excluding hydrogens is 438 g/mol. The molecule has 0 N–H and O–H groups in total. The molecule has 1 aliphatic rings. The van der Waals surface area contributed by atoms with Crippen molar-refractivity contribution in [2.24, 2.45) is 0 Å². The van der Waals surface area contributed by atoms with Gasteiger partial charge >= 0.3 is 0 Å². The molecule has 2 aromatic rings. The summed E-state index contributed by atoms with van der Waals surface area (Å²) in [6, 6.07) is 9.61. The lowest BCUT2D eigenvalue weighted by Crippen LogP contribution is -2.40. The van der Waals surface area contributed by atoms with Crippen LogP contribution in [-0.2, 0) is 21.2 Å². The van der Waals surface area contributed by atoms with Gasteiger partial charge in [-0.2, -0.15) is 4.31 Å². The van der Waals surface area contributed by atoms with E-state index in [1.165, 1.54) is 16.4 Å². The van der Waals surface area contributed by atoms with Gasteiger partial charge in [0.25, 0.3) is 5.69 Å². The molecule has 0 radical (unpaired) electrons. The molecule has 1 aliphatic heterocycles. The van der Waals surface area contributed by atoms with E-state index in [1.54, 1.807) is 26.2 Å². The maximum absolute atomic E-state index is 12.9. The molecule has 174 valence electrons. The SMILES string of the molecule is COc1ccc(CCN(C)c2ccc(S(=O)(=O)N3CCOCC3)cc2[N+](=O)[O-])cc1OC. The van der Waals surface area contributed by atoms with Crippen molar-refractivity contribution in [1.29, 1.82) is 0 Å². The molecule has 10 nitrogen and oxygen atoms in total. The smallest absolute Gasteiger partial charge is 0.293 e. The number of morpholine rings is 1. The summed E-state index contributed by atoms with van der Waals surface area (Å²) < 4.78 is 42.8. The Kier molecular flexibility index (Phi) is 7.54. The Balaban J connectivity index is 1.80. The summed E-state index contributed by atoms with van der Waals surface area (Å²) in [5.74, 6) is 1.23. The van der Waals surface area contributed by atoms with Gasteiger partial charge in [-0.05, 0) is 36.2 Å². The minimum Gasteiger partial charge on any atom is -0.493 e. The lowest BCUT2D eigenvalue weighted by Gasteiger charge is -2.26. The predicted octanol–water partition coefficient (Wildman–Crippen LogP) is 2.31. The monoisotopic (exact) mass is 465 g/mol. The van der Waals surface area contributed by atoms with Crippen LogP contribution in [0.15, 0.2) is 41.3 Å². The lowest BCUT2D eigenvalue weighted by molar-refractivity contribution is -0.384. The summed E-state index contributed by atoms with van der Waals surface area (Å²) in [7, 11) is 1.03. The van der Waals surface area contributed by atoms with Crippen molar-refractivity contribution in [2.75, 3.05) is 59.0 Å². The van der Waals surface area contributed by atoms with E-state index in [4.69, 9.17) is 14.2 Å². The van der Waals surface area contributed by atoms with Crippen LogP contribution in [0.2, 0.25) is 0 Å². The summed E-state index contributed by atoms with van der Waals surface area (Å²) in [6.07, 6.45) is 0.599. The summed E-state index contributed by atoms with van der Waals surface area (Å²) >= 11 is 0. The highest BCUT2D eigenvalue weighted by Crippen LogP contribution is 2.32. The number of rotatable bonds is 9. The Morgan fingerprint density at radius 1 is 1.09 bits per heavy atom. The number of ether oxygens (including phenoxy) is 3. The van der Waals surface area contributed by atoms with E-state index < -0.39 is 14.9 Å². The summed E-state index contributed by atoms with van der Waals surface area (Å²) in [6.45, 7) is 1.54. The number of anilines is 1. The Hall–Kier alpha value is -2.89. The number of benzene rings is 2. The van der Waals surface area contributed by atoms with Crippen LogP contribution in [0.5, 0.6) is 11.5 Å². The molecule has 11 heteroatoms. The van der Waals surface area contributed by atoms with Crippen molar-refractivity contribution >= 4 is 21.4 Å². The molecule has 0 aliphatic carbocycles. The molecule has 0 amide bonds. The molecule has 2 aromatic carbocycles. The van der Waals surface area contributed by atoms with Crippen molar-refractivity contribution in [1.82, 2.24) is 4.31 Å². The quantitative estimate of drug-likeness (QED) is 0.410. The van der Waals surface area contributed by atoms with E-state index in [1.807, 2.05) is 18.2 Å². The molecule has 1 saturated heterocycles. The molecule has 0 spiro atoms. The number of nitro benzene ring substituents is 1. The highest BCUT2D eigenvalue weighted by molar-refractivity contribution is 7.89. The Bertz CT molecular complexity index is 1070. The molecule has 32 heavy (non-hydrogen) atoms. The van der Waals surface area contributed by atoms with Gasteiger partial charge in [0.1, 0.15) is 5.69 Å². The van der Waals surface area contributed by atoms with Crippen molar-refractivity contribution < 1.29 is 27.6 Å². The second-order valence-electron chi connectivity index (χ2n) is 7.28. The van der Waals surface area contributed by atoms with E-state index in [9.17, 15) is 18.5 Å². The first-order valence-electron chi connectivity index (χ1n) is 10.1. The van der Waals surface area contributed by atoms with Crippen LogP contribution in [0, 0.1) is 10.1 Å². The molecule has 0 unspecified atom stereocenters. The zero-order chi connectivity index (χ0) is 23.3. The maximum atomic E-state index is 12.9. The average Bonchev–Trinajstić information content (AvgIpc) is 2.82. The fourth-order valence-corrected chi connectivity index (χ4v) is 4.95. The van der Waals surface area contributed by atoms with E-state index in [2.05, 4.69) is 0 Å². The average molecular weight is 466 g/mol. The Labute approximate surface area is 187 Å². The largest absolute Gasteiger partial charge is 0.493 e. The first-order chi connectivity index (χ1) is 15.3. The molecule has 0 saturated carbocycles. The van der Waals surface area contributed by atoms with E-state index >= 15 is 0 Å². The van der Waals surface area contributed by atoms with Crippen LogP contribution in [0.1, 0.15) is 5.56 Å². The standard InChI is InChI=1S/C21H27N3O7S/c1-22(9-8-16-4-7-20(29-2)21(14-16)30-3)18-6-5-17(15-19(18)24(25)26)32(27,28)23-10-12-31-13-11-23/h4-7,14-15H,8-13H2,1-3H3. The van der Waals surface area contributed by atoms with Gasteiger partial charge in [-0.15, -0.1) is 0 Å². The van der Waals surface area contributed by atoms with Gasteiger partial charge in [0, 0.05) is 32.7 Å². The third kappa shape index (κ3) is 5.12. The number of hydrogen-bond acceptors (Lipinski definition) is 8. The second kappa shape index (κ2) is 10.2. The fraction of sp³-hybridized carbons (Fsp3) is 0.429. The topological polar surface area (TPSA) is 111 Å². The van der Waals surface area contributed by atoms with Crippen LogP contribution in [0.4, 0.5) is 11.4 Å². The first kappa shape index (κ1) is 23.8. The Morgan fingerprint density at radius 2 is 1.78 bits per heavy atom. The first-order valence-corrected chi connectivity index (χ1v) is 11.5. The van der Waals surface area contributed by atoms with Gasteiger partial charge < -0.3 is 19.1 Å². The summed E-state index contributed by atoms with van der Waals surface area (Å²) in [5, 5.41) is 11.7. The third-order valence-electron chi connectivity index (χ3n) is 5.35. The lowest BCUT2D eigenvalue weighted by atomic mass is 10.1. The molecular formula is C21H27N3O7S. The molecule has 0 bridgehead atoms. The van der Waals surface area contributed by atoms with Gasteiger partial charge in [-0.25, -0.2) is 8.42 Å². The van der Waals surface area contributed by atoms with Crippen LogP contribution >= 0.6 is 0 Å². The van der Waals surface area contributed by atoms with Gasteiger partial charge in [0.05, 0.1) is 37.3 Å². The number of likely N-dealkylation sites (N-methyl/N-ethyl adjacent to an activating group) is 1. The summed E-state index contributed by atoms with van der Waals surface area (Å²) in [5.41, 5.74) is 1.06. The zero-order valence-electron chi connectivity index (χ0n) is 18.3. The van der Waals surface area contributed by atoms with Crippen molar-refractivity contribution in [2.45, 2.75) is 11.3 Å². The molecule has 0 atom stereocenters. The van der Waals surface area contributed by atoms with Crippen LogP contribution < -0.4 is 14.4 Å². The van der Waals surface area contributed by atoms with Gasteiger partial charge in [-0.1, -0.05) is 6.07 Å². The predicted molar refractivity (Wildman–Crippen MR) is 119 cm³/mol. The van der Waals surface area contributed by atoms with E-state index in [-0.39, 0.29) is 23.7 Å². The van der Waals surface area contributed by atoms with Crippen molar-refractivity contribution in [3.8, 4) is 11.5 Å². The second-order valence-corrected chi connectivity index (χ2v) is 9.22. The van der Waals surface area contributed by atoms with E-state index in [0.29, 0.717) is 43.4 Å². The number of hydrogen-bond donors (Lipinski definition) is 0. The third-order valence-corrected chi connectivity index (χ3v) is 7.24. The van der Waals surface area contributed by atoms with Crippen molar-refractivity contribution in [3.63, 3.8) is 0 Å². The molecule has 0 aromatic heterocycles. The zero-order valence-corrected chi connectivity index (χ0v) is 19.1. The van der Waals surface area contributed by atoms with Crippen LogP contribution in [0.3, 0.4) is 0 Å². The van der Waals surface area contributed by atoms with Crippen LogP contribution in [-0.4, -0.2) is 71.8 Å². The normalized spacial score (nSPS) is 14.7. The minimum absolute atomic E-state index is 0.0943. The minimum atomic E-state index is -3.83. The van der Waals surface area contributed by atoms with E-state index in [0.717, 1.165) is 11.6 Å². The highest BCUT2D eigenvalue weighted by Gasteiger charge is 2.29. The summed E-state index contributed by atoms with van der Waals surface area (Å²) in [4.78, 5) is 12.8. The van der Waals surface area contributed by atoms with Crippen LogP contribution in [0.25, 0.3) is 0 Å². The number of nitro groups is 1. The van der Waals surface area contributed by atoms with Gasteiger partial charge in [-0.3, -0.25) is 10.1 Å². The van der Waals surface area contributed by atoms with Gasteiger partial charge in [0.15, 0.2) is 11.5 Å². The molecule has 3 rings (SSSR count). The fourth-order valence-electron chi connectivity index (χ4n) is 3.52. The number of nitrogens with zero attached hydrogens (tertiary/aromatic N) is 3. The number of methoxy groups -OCH3 is 2. The van der Waals surface area contributed by atoms with Gasteiger partial charge in [0.2, 0.25) is 10.0 Å².